The van der Waals surface area contributed by atoms with Crippen LogP contribution in [0.4, 0.5) is 4.79 Å². The highest BCUT2D eigenvalue weighted by atomic mass is 32.2. The molecule has 0 aliphatic carbocycles. The van der Waals surface area contributed by atoms with E-state index in [1.165, 1.54) is 6.92 Å². The quantitative estimate of drug-likeness (QED) is 0.592. The van der Waals surface area contributed by atoms with Gasteiger partial charge in [0.1, 0.15) is 5.78 Å². The lowest BCUT2D eigenvalue weighted by molar-refractivity contribution is -0.114. The average molecular weight is 133 g/mol. The van der Waals surface area contributed by atoms with Crippen LogP contribution in [0, 0.1) is 0 Å². The van der Waals surface area contributed by atoms with Crippen LogP contribution in [0.15, 0.2) is 0 Å². The molecule has 0 aromatic rings. The van der Waals surface area contributed by atoms with E-state index in [9.17, 15) is 9.59 Å². The Morgan fingerprint density at radius 2 is 2.12 bits per heavy atom. The van der Waals surface area contributed by atoms with Crippen molar-refractivity contribution in [3.05, 3.63) is 0 Å². The number of Topliss-reactive ketones (excluding diaryl/α,β-unsaturated/α-hetero) is 1. The van der Waals surface area contributed by atoms with E-state index in [-0.39, 0.29) is 11.5 Å². The topological polar surface area (TPSA) is 60.2 Å². The van der Waals surface area contributed by atoms with Crippen molar-refractivity contribution in [3.63, 3.8) is 0 Å². The van der Waals surface area contributed by atoms with Gasteiger partial charge in [-0.1, -0.05) is 11.8 Å². The Bertz CT molecular complexity index is 98.6. The zero-order valence-corrected chi connectivity index (χ0v) is 5.33. The van der Waals surface area contributed by atoms with E-state index in [4.69, 9.17) is 5.73 Å². The fourth-order valence-corrected chi connectivity index (χ4v) is 0.518. The van der Waals surface area contributed by atoms with Gasteiger partial charge in [-0.05, 0) is 6.92 Å². The lowest BCUT2D eigenvalue weighted by atomic mass is 10.5. The summed E-state index contributed by atoms with van der Waals surface area (Å²) in [6.07, 6.45) is 0. The zero-order valence-electron chi connectivity index (χ0n) is 4.51. The first-order chi connectivity index (χ1) is 3.63. The van der Waals surface area contributed by atoms with Gasteiger partial charge in [0.15, 0.2) is 0 Å². The predicted octanol–water partition coefficient (Wildman–Crippen LogP) is 0.387. The minimum absolute atomic E-state index is 0.0335. The molecule has 0 rings (SSSR count). The molecule has 3 nitrogen and oxygen atoms in total. The van der Waals surface area contributed by atoms with E-state index in [1.807, 2.05) is 0 Å². The maximum atomic E-state index is 10.1. The number of hydrogen-bond acceptors (Lipinski definition) is 3. The van der Waals surface area contributed by atoms with E-state index in [0.29, 0.717) is 0 Å². The Morgan fingerprint density at radius 3 is 2.25 bits per heavy atom. The highest BCUT2D eigenvalue weighted by Gasteiger charge is 1.96. The monoisotopic (exact) mass is 133 g/mol. The molecule has 8 heavy (non-hydrogen) atoms. The van der Waals surface area contributed by atoms with E-state index in [1.54, 1.807) is 0 Å². The van der Waals surface area contributed by atoms with Crippen LogP contribution in [0.3, 0.4) is 0 Å². The molecule has 0 saturated carbocycles. The molecule has 0 unspecified atom stereocenters. The number of primary amides is 1. The molecule has 1 amide bonds. The Labute approximate surface area is 51.6 Å². The fraction of sp³-hybridized carbons (Fsp3) is 0.500. The summed E-state index contributed by atoms with van der Waals surface area (Å²) in [5.41, 5.74) is 4.71. The van der Waals surface area contributed by atoms with Crippen molar-refractivity contribution >= 4 is 22.8 Å². The third-order valence-electron chi connectivity index (χ3n) is 0.418. The van der Waals surface area contributed by atoms with Crippen LogP contribution in [-0.4, -0.2) is 16.8 Å². The van der Waals surface area contributed by atoms with Crippen molar-refractivity contribution in [3.8, 4) is 0 Å². The second-order valence-electron chi connectivity index (χ2n) is 1.31. The van der Waals surface area contributed by atoms with E-state index in [0.717, 1.165) is 11.8 Å². The smallest absolute Gasteiger partial charge is 0.276 e. The molecule has 0 aliphatic heterocycles. The van der Waals surface area contributed by atoms with Crippen LogP contribution in [0.1, 0.15) is 6.92 Å². The molecule has 0 heterocycles. The van der Waals surface area contributed by atoms with Crippen LogP contribution >= 0.6 is 11.8 Å². The summed E-state index contributed by atoms with van der Waals surface area (Å²) in [4.78, 5) is 20.1. The van der Waals surface area contributed by atoms with E-state index < -0.39 is 5.24 Å². The van der Waals surface area contributed by atoms with E-state index in [2.05, 4.69) is 0 Å². The van der Waals surface area contributed by atoms with Crippen LogP contribution in [-0.2, 0) is 4.79 Å². The molecule has 2 N–H and O–H groups in total. The van der Waals surface area contributed by atoms with Crippen molar-refractivity contribution in [1.29, 1.82) is 0 Å². The van der Waals surface area contributed by atoms with Crippen LogP contribution < -0.4 is 5.73 Å². The molecular formula is C4H7NO2S. The molecule has 0 fully saturated rings. The van der Waals surface area contributed by atoms with Gasteiger partial charge >= 0.3 is 0 Å². The second kappa shape index (κ2) is 3.49. The molecule has 4 heteroatoms. The molecule has 0 aliphatic rings. The predicted molar refractivity (Wildman–Crippen MR) is 32.7 cm³/mol. The molecule has 46 valence electrons. The number of hydrogen-bond donors (Lipinski definition) is 1. The minimum atomic E-state index is -0.500. The Hall–Kier alpha value is -0.510. The number of thioether (sulfide) groups is 1. The van der Waals surface area contributed by atoms with Gasteiger partial charge in [-0.25, -0.2) is 0 Å². The van der Waals surface area contributed by atoms with Gasteiger partial charge in [-0.3, -0.25) is 9.59 Å². The summed E-state index contributed by atoms with van der Waals surface area (Å²) in [6, 6.07) is 0. The first kappa shape index (κ1) is 7.49. The Balaban J connectivity index is 3.18. The SMILES string of the molecule is CC(=O)CSC(N)=O. The number of nitrogens with two attached hydrogens (primary N) is 1. The first-order valence-electron chi connectivity index (χ1n) is 2.04. The third kappa shape index (κ3) is 5.49. The lowest BCUT2D eigenvalue weighted by Gasteiger charge is -1.86. The molecule has 0 spiro atoms. The van der Waals surface area contributed by atoms with Crippen molar-refractivity contribution in [2.24, 2.45) is 5.73 Å². The van der Waals surface area contributed by atoms with Crippen LogP contribution in [0.2, 0.25) is 0 Å². The summed E-state index contributed by atoms with van der Waals surface area (Å²) in [5, 5.41) is -0.500. The maximum absolute atomic E-state index is 10.1. The summed E-state index contributed by atoms with van der Waals surface area (Å²) in [7, 11) is 0. The van der Waals surface area contributed by atoms with Crippen molar-refractivity contribution in [2.45, 2.75) is 6.92 Å². The second-order valence-corrected chi connectivity index (χ2v) is 2.29. The number of carbonyl (C=O) groups is 2. The standard InChI is InChI=1S/C4H7NO2S/c1-3(6)2-8-4(5)7/h2H2,1H3,(H2,5,7). The molecule has 0 aromatic heterocycles. The van der Waals surface area contributed by atoms with Crippen LogP contribution in [0.25, 0.3) is 0 Å². The Morgan fingerprint density at radius 1 is 1.62 bits per heavy atom. The van der Waals surface area contributed by atoms with Gasteiger partial charge in [0.2, 0.25) is 0 Å². The largest absolute Gasteiger partial charge is 0.361 e. The first-order valence-corrected chi connectivity index (χ1v) is 3.03. The molecule has 0 saturated heterocycles. The van der Waals surface area contributed by atoms with Crippen molar-refractivity contribution in [2.75, 3.05) is 5.75 Å². The summed E-state index contributed by atoms with van der Waals surface area (Å²) >= 11 is 0.829. The molecule has 0 bridgehead atoms. The summed E-state index contributed by atoms with van der Waals surface area (Å²) in [5.74, 6) is 0.156. The molecular weight excluding hydrogens is 126 g/mol. The van der Waals surface area contributed by atoms with E-state index >= 15 is 0 Å². The van der Waals surface area contributed by atoms with Gasteiger partial charge in [0, 0.05) is 0 Å². The van der Waals surface area contributed by atoms with Crippen LogP contribution in [0.5, 0.6) is 0 Å². The molecule has 0 radical (unpaired) electrons. The average Bonchev–Trinajstić information content (AvgIpc) is 1.61. The Kier molecular flexibility index (Phi) is 3.26. The highest BCUT2D eigenvalue weighted by Crippen LogP contribution is 1.97. The zero-order chi connectivity index (χ0) is 6.57. The number of ketones is 1. The molecule has 0 atom stereocenters. The summed E-state index contributed by atoms with van der Waals surface area (Å²) < 4.78 is 0. The lowest BCUT2D eigenvalue weighted by Crippen LogP contribution is -2.06. The molecule has 0 aromatic carbocycles. The summed E-state index contributed by atoms with van der Waals surface area (Å²) in [6.45, 7) is 1.41. The third-order valence-corrected chi connectivity index (χ3v) is 1.25. The van der Waals surface area contributed by atoms with Gasteiger partial charge in [0.25, 0.3) is 5.24 Å². The highest BCUT2D eigenvalue weighted by molar-refractivity contribution is 8.14. The minimum Gasteiger partial charge on any atom is -0.361 e. The normalized spacial score (nSPS) is 8.62. The van der Waals surface area contributed by atoms with Crippen molar-refractivity contribution < 1.29 is 9.59 Å². The number of carbonyl (C=O) groups excluding carboxylic acids is 2. The van der Waals surface area contributed by atoms with Gasteiger partial charge in [-0.2, -0.15) is 0 Å². The fourth-order valence-electron chi connectivity index (χ4n) is 0.173. The van der Waals surface area contributed by atoms with Gasteiger partial charge in [0.05, 0.1) is 5.75 Å². The number of rotatable bonds is 2. The van der Waals surface area contributed by atoms with Gasteiger partial charge < -0.3 is 5.73 Å². The number of amides is 1. The van der Waals surface area contributed by atoms with Crippen molar-refractivity contribution in [1.82, 2.24) is 0 Å². The maximum Gasteiger partial charge on any atom is 0.276 e. The van der Waals surface area contributed by atoms with Gasteiger partial charge in [-0.15, -0.1) is 0 Å².